The molecule has 1 amide bonds. The molecule has 1 fully saturated rings. The number of rotatable bonds is 5. The molecule has 1 aromatic heterocycles. The second-order valence-electron chi connectivity index (χ2n) is 6.64. The van der Waals surface area contributed by atoms with Crippen molar-refractivity contribution in [3.8, 4) is 5.69 Å². The fourth-order valence-corrected chi connectivity index (χ4v) is 4.88. The van der Waals surface area contributed by atoms with Crippen LogP contribution in [0.3, 0.4) is 0 Å². The van der Waals surface area contributed by atoms with Gasteiger partial charge in [-0.15, -0.1) is 0 Å². The molecule has 0 spiro atoms. The Morgan fingerprint density at radius 1 is 1.23 bits per heavy atom. The van der Waals surface area contributed by atoms with Gasteiger partial charge in [-0.05, 0) is 25.0 Å². The molecule has 0 atom stereocenters. The van der Waals surface area contributed by atoms with E-state index < -0.39 is 15.3 Å². The summed E-state index contributed by atoms with van der Waals surface area (Å²) in [5.74, 6) is 0.00234. The minimum Gasteiger partial charge on any atom is -0.343 e. The highest BCUT2D eigenvalue weighted by molar-refractivity contribution is 7.89. The Morgan fingerprint density at radius 3 is 2.50 bits per heavy atom. The summed E-state index contributed by atoms with van der Waals surface area (Å²) in [4.78, 5) is 13.1. The van der Waals surface area contributed by atoms with Gasteiger partial charge in [-0.3, -0.25) is 4.79 Å². The fraction of sp³-hybridized carbons (Fsp3) is 0.444. The van der Waals surface area contributed by atoms with Crippen LogP contribution in [0, 0.1) is 0 Å². The molecule has 26 heavy (non-hydrogen) atoms. The van der Waals surface area contributed by atoms with Crippen LogP contribution in [0.2, 0.25) is 0 Å². The number of hydrogen-bond donors (Lipinski definition) is 0. The molecule has 0 aliphatic carbocycles. The van der Waals surface area contributed by atoms with Crippen molar-refractivity contribution in [2.75, 3.05) is 20.1 Å². The van der Waals surface area contributed by atoms with Gasteiger partial charge in [0.15, 0.2) is 0 Å². The van der Waals surface area contributed by atoms with Crippen LogP contribution in [0.4, 0.5) is 0 Å². The van der Waals surface area contributed by atoms with Crippen LogP contribution < -0.4 is 0 Å². The molecule has 0 unspecified atom stereocenters. The Balaban J connectivity index is 1.65. The van der Waals surface area contributed by atoms with E-state index in [0.717, 1.165) is 11.3 Å². The van der Waals surface area contributed by atoms with Crippen molar-refractivity contribution in [1.82, 2.24) is 19.0 Å². The maximum atomic E-state index is 12.8. The summed E-state index contributed by atoms with van der Waals surface area (Å²) >= 11 is 0. The smallest absolute Gasteiger partial charge is 0.219 e. The summed E-state index contributed by atoms with van der Waals surface area (Å²) in [5.41, 5.74) is 1.77. The number of aromatic nitrogens is 2. The Labute approximate surface area is 154 Å². The number of amides is 1. The summed E-state index contributed by atoms with van der Waals surface area (Å²) in [7, 11) is -1.80. The van der Waals surface area contributed by atoms with Gasteiger partial charge in [-0.1, -0.05) is 18.2 Å². The lowest BCUT2D eigenvalue weighted by molar-refractivity contribution is -0.129. The Morgan fingerprint density at radius 2 is 1.88 bits per heavy atom. The normalized spacial score (nSPS) is 16.2. The summed E-state index contributed by atoms with van der Waals surface area (Å²) in [5, 5.41) is 3.88. The number of sulfonamides is 1. The van der Waals surface area contributed by atoms with Crippen LogP contribution in [0.5, 0.6) is 0 Å². The summed E-state index contributed by atoms with van der Waals surface area (Å²) in [6, 6.07) is 9.69. The summed E-state index contributed by atoms with van der Waals surface area (Å²) in [6.45, 7) is 2.80. The Bertz CT molecular complexity index is 856. The number of para-hydroxylation sites is 1. The van der Waals surface area contributed by atoms with Gasteiger partial charge in [0.2, 0.25) is 15.9 Å². The molecular formula is C18H24N4O3S. The Hall–Kier alpha value is -2.19. The lowest BCUT2D eigenvalue weighted by Gasteiger charge is -2.33. The second-order valence-corrected chi connectivity index (χ2v) is 8.96. The van der Waals surface area contributed by atoms with Crippen LogP contribution in [0.1, 0.15) is 25.3 Å². The first kappa shape index (κ1) is 18.6. The molecular weight excluding hydrogens is 352 g/mol. The lowest BCUT2D eigenvalue weighted by atomic mass is 10.1. The van der Waals surface area contributed by atoms with Crippen molar-refractivity contribution in [1.29, 1.82) is 0 Å². The maximum Gasteiger partial charge on any atom is 0.219 e. The molecule has 7 nitrogen and oxygen atoms in total. The van der Waals surface area contributed by atoms with Crippen LogP contribution >= 0.6 is 0 Å². The maximum absolute atomic E-state index is 12.8. The van der Waals surface area contributed by atoms with Crippen molar-refractivity contribution in [2.45, 2.75) is 31.6 Å². The van der Waals surface area contributed by atoms with Crippen molar-refractivity contribution < 1.29 is 13.2 Å². The number of likely N-dealkylation sites (tertiary alicyclic amines) is 1. The van der Waals surface area contributed by atoms with Crippen molar-refractivity contribution in [2.24, 2.45) is 0 Å². The van der Waals surface area contributed by atoms with Crippen molar-refractivity contribution >= 4 is 15.9 Å². The number of carbonyl (C=O) groups excluding carboxylic acids is 1. The average Bonchev–Trinajstić information content (AvgIpc) is 3.11. The highest BCUT2D eigenvalue weighted by atomic mass is 32.2. The molecule has 0 radical (unpaired) electrons. The molecule has 1 aromatic carbocycles. The summed E-state index contributed by atoms with van der Waals surface area (Å²) in [6.07, 6.45) is 4.50. The average molecular weight is 376 g/mol. The first-order valence-corrected chi connectivity index (χ1v) is 10.2. The first-order chi connectivity index (χ1) is 12.4. The van der Waals surface area contributed by atoms with E-state index in [2.05, 4.69) is 5.10 Å². The zero-order chi connectivity index (χ0) is 18.7. The van der Waals surface area contributed by atoms with Gasteiger partial charge < -0.3 is 4.90 Å². The number of benzene rings is 1. The molecule has 1 saturated heterocycles. The predicted octanol–water partition coefficient (Wildman–Crippen LogP) is 1.64. The third kappa shape index (κ3) is 3.96. The van der Waals surface area contributed by atoms with Gasteiger partial charge in [0.25, 0.3) is 0 Å². The monoisotopic (exact) mass is 376 g/mol. The fourth-order valence-electron chi connectivity index (χ4n) is 3.23. The quantitative estimate of drug-likeness (QED) is 0.795. The van der Waals surface area contributed by atoms with Gasteiger partial charge in [0.1, 0.15) is 0 Å². The highest BCUT2D eigenvalue weighted by Gasteiger charge is 2.33. The van der Waals surface area contributed by atoms with Crippen LogP contribution in [-0.4, -0.2) is 58.7 Å². The molecule has 1 aliphatic heterocycles. The van der Waals surface area contributed by atoms with Crippen LogP contribution in [-0.2, 0) is 21.4 Å². The molecule has 0 bridgehead atoms. The van der Waals surface area contributed by atoms with E-state index in [1.54, 1.807) is 22.8 Å². The SMILES string of the molecule is CC(=O)N1CCC(S(=O)(=O)N(C)Cc2cnn(-c3ccccc3)c2)CC1. The van der Waals surface area contributed by atoms with Gasteiger partial charge in [0.05, 0.1) is 17.1 Å². The number of carbonyl (C=O) groups is 1. The third-order valence-electron chi connectivity index (χ3n) is 4.81. The van der Waals surface area contributed by atoms with Gasteiger partial charge in [-0.2, -0.15) is 5.10 Å². The zero-order valence-corrected chi connectivity index (χ0v) is 15.9. The summed E-state index contributed by atoms with van der Waals surface area (Å²) < 4.78 is 28.8. The van der Waals surface area contributed by atoms with E-state index in [1.807, 2.05) is 36.5 Å². The second kappa shape index (κ2) is 7.59. The molecule has 8 heteroatoms. The van der Waals surface area contributed by atoms with Gasteiger partial charge in [0, 0.05) is 45.4 Å². The lowest BCUT2D eigenvalue weighted by Crippen LogP contribution is -2.45. The first-order valence-electron chi connectivity index (χ1n) is 8.67. The molecule has 2 heterocycles. The molecule has 140 valence electrons. The minimum atomic E-state index is -3.41. The molecule has 0 N–H and O–H groups in total. The number of nitrogens with zero attached hydrogens (tertiary/aromatic N) is 4. The third-order valence-corrected chi connectivity index (χ3v) is 7.12. The van der Waals surface area contributed by atoms with Crippen molar-refractivity contribution in [3.63, 3.8) is 0 Å². The van der Waals surface area contributed by atoms with E-state index >= 15 is 0 Å². The largest absolute Gasteiger partial charge is 0.343 e. The number of piperidine rings is 1. The predicted molar refractivity (Wildman–Crippen MR) is 99.2 cm³/mol. The standard InChI is InChI=1S/C18H24N4O3S/c1-15(23)21-10-8-18(9-11-21)26(24,25)20(2)13-16-12-19-22(14-16)17-6-4-3-5-7-17/h3-7,12,14,18H,8-11,13H2,1-2H3. The van der Waals surface area contributed by atoms with E-state index in [0.29, 0.717) is 25.9 Å². The molecule has 0 saturated carbocycles. The van der Waals surface area contributed by atoms with Crippen molar-refractivity contribution in [3.05, 3.63) is 48.3 Å². The molecule has 1 aliphatic rings. The molecule has 3 rings (SSSR count). The van der Waals surface area contributed by atoms with Crippen LogP contribution in [0.25, 0.3) is 5.69 Å². The van der Waals surface area contributed by atoms with Gasteiger partial charge in [-0.25, -0.2) is 17.4 Å². The van der Waals surface area contributed by atoms with Crippen LogP contribution in [0.15, 0.2) is 42.7 Å². The Kier molecular flexibility index (Phi) is 5.43. The topological polar surface area (TPSA) is 75.5 Å². The van der Waals surface area contributed by atoms with E-state index in [-0.39, 0.29) is 12.5 Å². The van der Waals surface area contributed by atoms with E-state index in [4.69, 9.17) is 0 Å². The zero-order valence-electron chi connectivity index (χ0n) is 15.1. The van der Waals surface area contributed by atoms with E-state index in [1.165, 1.54) is 11.2 Å². The molecule has 2 aromatic rings. The number of hydrogen-bond acceptors (Lipinski definition) is 4. The highest BCUT2D eigenvalue weighted by Crippen LogP contribution is 2.22. The van der Waals surface area contributed by atoms with Gasteiger partial charge >= 0.3 is 0 Å². The minimum absolute atomic E-state index is 0.00234. The van der Waals surface area contributed by atoms with E-state index in [9.17, 15) is 13.2 Å².